The molecule has 21 heavy (non-hydrogen) atoms. The number of aliphatic hydroxyl groups is 1. The maximum Gasteiger partial charge on any atom is 0.273 e. The second-order valence-electron chi connectivity index (χ2n) is 5.90. The summed E-state index contributed by atoms with van der Waals surface area (Å²) in [5.74, 6) is 0.243. The van der Waals surface area contributed by atoms with Gasteiger partial charge >= 0.3 is 0 Å². The molecular formula is C14H20N4O3. The van der Waals surface area contributed by atoms with Crippen LogP contribution in [0.1, 0.15) is 35.7 Å². The van der Waals surface area contributed by atoms with Crippen molar-refractivity contribution < 1.29 is 14.4 Å². The Balaban J connectivity index is 1.94. The Hall–Kier alpha value is -2.15. The van der Waals surface area contributed by atoms with E-state index in [0.717, 1.165) is 5.56 Å². The minimum Gasteiger partial charge on any atom is -0.396 e. The Morgan fingerprint density at radius 1 is 1.52 bits per heavy atom. The van der Waals surface area contributed by atoms with Gasteiger partial charge in [0.2, 0.25) is 0 Å². The van der Waals surface area contributed by atoms with Gasteiger partial charge in [0.1, 0.15) is 6.54 Å². The Kier molecular flexibility index (Phi) is 4.42. The second kappa shape index (κ2) is 6.09. The molecule has 0 aliphatic heterocycles. The van der Waals surface area contributed by atoms with Gasteiger partial charge in [-0.2, -0.15) is 5.10 Å². The first kappa shape index (κ1) is 15.2. The molecule has 7 heteroatoms. The fourth-order valence-electron chi connectivity index (χ4n) is 1.67. The average Bonchev–Trinajstić information content (AvgIpc) is 3.06. The molecular weight excluding hydrogens is 272 g/mol. The minimum atomic E-state index is -0.366. The molecule has 0 radical (unpaired) electrons. The number of amides is 1. The summed E-state index contributed by atoms with van der Waals surface area (Å²) >= 11 is 0. The van der Waals surface area contributed by atoms with Gasteiger partial charge in [-0.3, -0.25) is 9.48 Å². The van der Waals surface area contributed by atoms with Crippen molar-refractivity contribution in [3.05, 3.63) is 35.5 Å². The van der Waals surface area contributed by atoms with Crippen molar-refractivity contribution in [2.24, 2.45) is 5.41 Å². The van der Waals surface area contributed by atoms with Crippen molar-refractivity contribution in [2.45, 2.75) is 27.3 Å². The second-order valence-corrected chi connectivity index (χ2v) is 5.90. The highest BCUT2D eigenvalue weighted by Gasteiger charge is 2.19. The predicted octanol–water partition coefficient (Wildman–Crippen LogP) is 0.976. The van der Waals surface area contributed by atoms with E-state index in [9.17, 15) is 4.79 Å². The highest BCUT2D eigenvalue weighted by molar-refractivity contribution is 5.92. The fraction of sp³-hybridized carbons (Fsp3) is 0.500. The molecule has 2 aromatic heterocycles. The third-order valence-corrected chi connectivity index (χ3v) is 3.03. The summed E-state index contributed by atoms with van der Waals surface area (Å²) in [7, 11) is 0. The standard InChI is InChI=1S/C14H20N4O3/c1-10-5-16-18(6-10)7-11-4-12(17-21-11)13(20)15-8-14(2,3)9-19/h4-6,19H,7-9H2,1-3H3,(H,15,20). The van der Waals surface area contributed by atoms with E-state index in [4.69, 9.17) is 9.63 Å². The van der Waals surface area contributed by atoms with Crippen molar-refractivity contribution in [3.8, 4) is 0 Å². The number of nitrogens with one attached hydrogen (secondary N) is 1. The van der Waals surface area contributed by atoms with Crippen molar-refractivity contribution in [3.63, 3.8) is 0 Å². The zero-order valence-corrected chi connectivity index (χ0v) is 12.5. The van der Waals surface area contributed by atoms with E-state index in [2.05, 4.69) is 15.6 Å². The maximum atomic E-state index is 11.9. The maximum absolute atomic E-state index is 11.9. The van der Waals surface area contributed by atoms with Crippen LogP contribution in [0.15, 0.2) is 23.0 Å². The van der Waals surface area contributed by atoms with Gasteiger partial charge in [-0.1, -0.05) is 19.0 Å². The number of nitrogens with zero attached hydrogens (tertiary/aromatic N) is 3. The molecule has 2 N–H and O–H groups in total. The monoisotopic (exact) mass is 292 g/mol. The van der Waals surface area contributed by atoms with E-state index >= 15 is 0 Å². The largest absolute Gasteiger partial charge is 0.396 e. The lowest BCUT2D eigenvalue weighted by Gasteiger charge is -2.21. The number of aliphatic hydroxyl groups excluding tert-OH is 1. The quantitative estimate of drug-likeness (QED) is 0.827. The molecule has 0 aliphatic carbocycles. The summed E-state index contributed by atoms with van der Waals surface area (Å²) in [5, 5.41) is 19.8. The molecule has 2 aromatic rings. The SMILES string of the molecule is Cc1cnn(Cc2cc(C(=O)NCC(C)(C)CO)no2)c1. The van der Waals surface area contributed by atoms with Crippen LogP contribution < -0.4 is 5.32 Å². The Labute approximate surface area is 122 Å². The zero-order valence-electron chi connectivity index (χ0n) is 12.5. The summed E-state index contributed by atoms with van der Waals surface area (Å²) < 4.78 is 6.85. The van der Waals surface area contributed by atoms with Crippen LogP contribution in [0.2, 0.25) is 0 Å². The number of hydrogen-bond donors (Lipinski definition) is 2. The normalized spacial score (nSPS) is 11.6. The molecule has 0 saturated carbocycles. The van der Waals surface area contributed by atoms with Crippen LogP contribution in [0.4, 0.5) is 0 Å². The number of carbonyl (C=O) groups excluding carboxylic acids is 1. The minimum absolute atomic E-state index is 0.00397. The summed E-state index contributed by atoms with van der Waals surface area (Å²) in [6.45, 7) is 6.46. The summed E-state index contributed by atoms with van der Waals surface area (Å²) in [5.41, 5.74) is 0.913. The van der Waals surface area contributed by atoms with Crippen LogP contribution in [-0.2, 0) is 6.54 Å². The van der Waals surface area contributed by atoms with Gasteiger partial charge in [0.15, 0.2) is 11.5 Å². The van der Waals surface area contributed by atoms with Crippen LogP contribution in [0.5, 0.6) is 0 Å². The third kappa shape index (κ3) is 4.16. The third-order valence-electron chi connectivity index (χ3n) is 3.03. The van der Waals surface area contributed by atoms with E-state index in [1.807, 2.05) is 27.0 Å². The zero-order chi connectivity index (χ0) is 15.5. The fourth-order valence-corrected chi connectivity index (χ4v) is 1.67. The van der Waals surface area contributed by atoms with Crippen molar-refractivity contribution in [1.29, 1.82) is 0 Å². The van der Waals surface area contributed by atoms with Gasteiger partial charge in [-0.05, 0) is 12.5 Å². The van der Waals surface area contributed by atoms with E-state index in [1.165, 1.54) is 0 Å². The lowest BCUT2D eigenvalue weighted by atomic mass is 9.95. The van der Waals surface area contributed by atoms with Gasteiger partial charge in [-0.15, -0.1) is 0 Å². The Morgan fingerprint density at radius 2 is 2.29 bits per heavy atom. The van der Waals surface area contributed by atoms with E-state index < -0.39 is 0 Å². The van der Waals surface area contributed by atoms with Gasteiger partial charge in [-0.25, -0.2) is 0 Å². The molecule has 0 unspecified atom stereocenters. The van der Waals surface area contributed by atoms with E-state index in [0.29, 0.717) is 18.8 Å². The van der Waals surface area contributed by atoms with Crippen molar-refractivity contribution >= 4 is 5.91 Å². The average molecular weight is 292 g/mol. The van der Waals surface area contributed by atoms with E-state index in [1.54, 1.807) is 16.9 Å². The molecule has 1 amide bonds. The molecule has 0 aromatic carbocycles. The number of aryl methyl sites for hydroxylation is 1. The lowest BCUT2D eigenvalue weighted by molar-refractivity contribution is 0.0902. The van der Waals surface area contributed by atoms with Crippen LogP contribution in [0.25, 0.3) is 0 Å². The summed E-state index contributed by atoms with van der Waals surface area (Å²) in [4.78, 5) is 11.9. The van der Waals surface area contributed by atoms with Crippen LogP contribution in [0.3, 0.4) is 0 Å². The molecule has 0 saturated heterocycles. The Bertz CT molecular complexity index is 615. The lowest BCUT2D eigenvalue weighted by Crippen LogP contribution is -2.36. The first-order valence-electron chi connectivity index (χ1n) is 6.73. The molecule has 0 aliphatic rings. The van der Waals surface area contributed by atoms with Crippen molar-refractivity contribution in [2.75, 3.05) is 13.2 Å². The number of aromatic nitrogens is 3. The molecule has 0 atom stereocenters. The first-order valence-corrected chi connectivity index (χ1v) is 6.73. The van der Waals surface area contributed by atoms with Gasteiger partial charge in [0.05, 0.1) is 6.20 Å². The molecule has 0 fully saturated rings. The number of rotatable bonds is 6. The highest BCUT2D eigenvalue weighted by Crippen LogP contribution is 2.12. The van der Waals surface area contributed by atoms with Crippen LogP contribution >= 0.6 is 0 Å². The van der Waals surface area contributed by atoms with Gasteiger partial charge in [0, 0.05) is 30.8 Å². The first-order chi connectivity index (χ1) is 9.89. The highest BCUT2D eigenvalue weighted by atomic mass is 16.5. The smallest absolute Gasteiger partial charge is 0.273 e. The van der Waals surface area contributed by atoms with Gasteiger partial charge < -0.3 is 14.9 Å². The van der Waals surface area contributed by atoms with Gasteiger partial charge in [0.25, 0.3) is 5.91 Å². The number of hydrogen-bond acceptors (Lipinski definition) is 5. The summed E-state index contributed by atoms with van der Waals surface area (Å²) in [6, 6.07) is 1.60. The van der Waals surface area contributed by atoms with Crippen LogP contribution in [-0.4, -0.2) is 39.1 Å². The number of carbonyl (C=O) groups is 1. The molecule has 114 valence electrons. The topological polar surface area (TPSA) is 93.2 Å². The molecule has 0 spiro atoms. The van der Waals surface area contributed by atoms with E-state index in [-0.39, 0.29) is 23.6 Å². The molecule has 0 bridgehead atoms. The molecule has 7 nitrogen and oxygen atoms in total. The molecule has 2 heterocycles. The van der Waals surface area contributed by atoms with Crippen molar-refractivity contribution in [1.82, 2.24) is 20.3 Å². The predicted molar refractivity (Wildman–Crippen MR) is 75.8 cm³/mol. The van der Waals surface area contributed by atoms with Crippen LogP contribution in [0, 0.1) is 12.3 Å². The molecule has 2 rings (SSSR count). The summed E-state index contributed by atoms with van der Waals surface area (Å²) in [6.07, 6.45) is 3.63. The Morgan fingerprint density at radius 3 is 2.90 bits per heavy atom.